The third-order valence-corrected chi connectivity index (χ3v) is 13.7. The van der Waals surface area contributed by atoms with Crippen molar-refractivity contribution in [2.24, 2.45) is 0 Å². The summed E-state index contributed by atoms with van der Waals surface area (Å²) >= 11 is 1.91. The van der Waals surface area contributed by atoms with Gasteiger partial charge < -0.3 is 9.13 Å². The van der Waals surface area contributed by atoms with E-state index in [9.17, 15) is 0 Å². The van der Waals surface area contributed by atoms with Crippen LogP contribution in [0.4, 0.5) is 0 Å². The summed E-state index contributed by atoms with van der Waals surface area (Å²) in [5.74, 6) is 0. The van der Waals surface area contributed by atoms with Crippen LogP contribution in [0.2, 0.25) is 0 Å². The van der Waals surface area contributed by atoms with Crippen LogP contribution in [0.15, 0.2) is 204 Å². The van der Waals surface area contributed by atoms with E-state index in [0.29, 0.717) is 0 Å². The van der Waals surface area contributed by atoms with Gasteiger partial charge in [-0.05, 0) is 92.7 Å². The van der Waals surface area contributed by atoms with Crippen LogP contribution in [0.5, 0.6) is 0 Å². The molecule has 0 aliphatic carbocycles. The zero-order valence-electron chi connectivity index (χ0n) is 30.3. The van der Waals surface area contributed by atoms with E-state index in [-0.39, 0.29) is 0 Å². The van der Waals surface area contributed by atoms with Gasteiger partial charge in [0, 0.05) is 37.0 Å². The molecule has 1 spiro atoms. The maximum atomic E-state index is 2.54. The number of aromatic nitrogens is 2. The lowest BCUT2D eigenvalue weighted by Crippen LogP contribution is -2.37. The van der Waals surface area contributed by atoms with E-state index in [1.165, 1.54) is 103 Å². The fourth-order valence-electron chi connectivity index (χ4n) is 10.3. The third-order valence-electron chi connectivity index (χ3n) is 12.6. The number of para-hydroxylation sites is 4. The minimum Gasteiger partial charge on any atom is -0.309 e. The van der Waals surface area contributed by atoms with Gasteiger partial charge in [0.15, 0.2) is 0 Å². The van der Waals surface area contributed by atoms with E-state index >= 15 is 0 Å². The Balaban J connectivity index is 1.13. The highest BCUT2D eigenvalue weighted by Crippen LogP contribution is 2.61. The van der Waals surface area contributed by atoms with Crippen LogP contribution in [0, 0.1) is 0 Å². The first-order chi connectivity index (χ1) is 27.8. The van der Waals surface area contributed by atoms with E-state index in [4.69, 9.17) is 0 Å². The van der Waals surface area contributed by atoms with E-state index in [0.717, 1.165) is 5.69 Å². The molecule has 0 bridgehead atoms. The van der Waals surface area contributed by atoms with Crippen molar-refractivity contribution < 1.29 is 0 Å². The summed E-state index contributed by atoms with van der Waals surface area (Å²) in [6.07, 6.45) is 0. The predicted octanol–water partition coefficient (Wildman–Crippen LogP) is 13.9. The van der Waals surface area contributed by atoms with Gasteiger partial charge in [0.05, 0.1) is 33.2 Å². The third kappa shape index (κ3) is 3.83. The molecule has 0 fully saturated rings. The Kier molecular flexibility index (Phi) is 6.06. The van der Waals surface area contributed by atoms with E-state index in [1.807, 2.05) is 11.8 Å². The van der Waals surface area contributed by atoms with Crippen LogP contribution in [0.1, 0.15) is 22.3 Å². The fraction of sp³-hybridized carbons (Fsp3) is 0.0189. The fourth-order valence-corrected chi connectivity index (χ4v) is 11.5. The predicted molar refractivity (Wildman–Crippen MR) is 234 cm³/mol. The minimum atomic E-state index is -0.536. The molecular weight excluding hydrogens is 697 g/mol. The summed E-state index contributed by atoms with van der Waals surface area (Å²) in [7, 11) is 0. The highest BCUT2D eigenvalue weighted by Gasteiger charge is 2.49. The summed E-state index contributed by atoms with van der Waals surface area (Å²) in [5.41, 5.74) is 14.6. The first-order valence-corrected chi connectivity index (χ1v) is 20.2. The lowest BCUT2D eigenvalue weighted by atomic mass is 9.62. The van der Waals surface area contributed by atoms with Crippen LogP contribution in [-0.4, -0.2) is 9.13 Å². The molecule has 2 aliphatic rings. The number of nitrogens with zero attached hydrogens (tertiary/aromatic N) is 2. The zero-order valence-corrected chi connectivity index (χ0v) is 31.1. The highest BCUT2D eigenvalue weighted by molar-refractivity contribution is 7.99. The van der Waals surface area contributed by atoms with Crippen molar-refractivity contribution >= 4 is 66.1 Å². The van der Waals surface area contributed by atoms with Crippen LogP contribution in [0.3, 0.4) is 0 Å². The van der Waals surface area contributed by atoms with Crippen LogP contribution in [0.25, 0.3) is 76.9 Å². The van der Waals surface area contributed by atoms with E-state index in [2.05, 4.69) is 203 Å². The summed E-state index contributed by atoms with van der Waals surface area (Å²) in [5, 5.41) is 7.66. The number of hydrogen-bond acceptors (Lipinski definition) is 1. The average Bonchev–Trinajstić information content (AvgIpc) is 3.77. The van der Waals surface area contributed by atoms with Gasteiger partial charge in [-0.2, -0.15) is 0 Å². The van der Waals surface area contributed by atoms with Crippen LogP contribution >= 0.6 is 11.8 Å². The minimum absolute atomic E-state index is 0.536. The Morgan fingerprint density at radius 3 is 1.86 bits per heavy atom. The summed E-state index contributed by atoms with van der Waals surface area (Å²) in [6.45, 7) is 0. The molecule has 2 nitrogen and oxygen atoms in total. The largest absolute Gasteiger partial charge is 0.309 e. The second-order valence-corrected chi connectivity index (χ2v) is 16.3. The van der Waals surface area contributed by atoms with Gasteiger partial charge in [-0.25, -0.2) is 0 Å². The summed E-state index contributed by atoms with van der Waals surface area (Å²) in [6, 6.07) is 72.6. The maximum Gasteiger partial charge on any atom is 0.0765 e. The van der Waals surface area contributed by atoms with Gasteiger partial charge in [0.1, 0.15) is 0 Å². The first kappa shape index (κ1) is 30.5. The Labute approximate surface area is 327 Å². The molecule has 2 aliphatic heterocycles. The molecule has 56 heavy (non-hydrogen) atoms. The molecule has 4 heterocycles. The molecule has 13 rings (SSSR count). The Bertz CT molecular complexity index is 3450. The zero-order chi connectivity index (χ0) is 36.5. The molecule has 0 radical (unpaired) electrons. The summed E-state index contributed by atoms with van der Waals surface area (Å²) in [4.78, 5) is 2.62. The number of benzene rings is 9. The van der Waals surface area contributed by atoms with Crippen molar-refractivity contribution in [3.8, 4) is 22.5 Å². The Morgan fingerprint density at radius 2 is 1.00 bits per heavy atom. The second kappa shape index (κ2) is 11.1. The van der Waals surface area contributed by atoms with E-state index in [1.54, 1.807) is 0 Å². The van der Waals surface area contributed by atoms with Gasteiger partial charge in [-0.3, -0.25) is 0 Å². The van der Waals surface area contributed by atoms with Crippen molar-refractivity contribution in [2.45, 2.75) is 15.2 Å². The lowest BCUT2D eigenvalue weighted by Gasteiger charge is -2.45. The monoisotopic (exact) mass is 728 g/mol. The van der Waals surface area contributed by atoms with Gasteiger partial charge in [0.25, 0.3) is 0 Å². The van der Waals surface area contributed by atoms with Crippen molar-refractivity contribution in [3.05, 3.63) is 216 Å². The number of rotatable bonds is 2. The topological polar surface area (TPSA) is 9.86 Å². The molecule has 1 atom stereocenters. The van der Waals surface area contributed by atoms with Crippen LogP contribution < -0.4 is 0 Å². The van der Waals surface area contributed by atoms with Crippen molar-refractivity contribution in [3.63, 3.8) is 0 Å². The highest BCUT2D eigenvalue weighted by atomic mass is 32.2. The van der Waals surface area contributed by atoms with Gasteiger partial charge in [-0.1, -0.05) is 157 Å². The molecule has 0 amide bonds. The number of fused-ring (bicyclic) bond motifs is 15. The van der Waals surface area contributed by atoms with Crippen molar-refractivity contribution in [1.29, 1.82) is 0 Å². The number of hydrogen-bond donors (Lipinski definition) is 0. The van der Waals surface area contributed by atoms with Crippen molar-refractivity contribution in [2.75, 3.05) is 0 Å². The molecule has 0 N–H and O–H groups in total. The van der Waals surface area contributed by atoms with Crippen LogP contribution in [-0.2, 0) is 5.41 Å². The molecule has 0 saturated carbocycles. The quantitative estimate of drug-likeness (QED) is 0.172. The van der Waals surface area contributed by atoms with Gasteiger partial charge in [-0.15, -0.1) is 0 Å². The molecule has 1 unspecified atom stereocenters. The van der Waals surface area contributed by atoms with E-state index < -0.39 is 5.41 Å². The molecule has 11 aromatic rings. The SMILES string of the molecule is c1ccc2c(c1)Sc1cc3c4ccccc4n(-c4ccc(-c5cccc6ccccc56)cc4)c3cc1C21c2ccccc2-n2c3ccccc3c3cccc1c32. The molecule has 2 aromatic heterocycles. The van der Waals surface area contributed by atoms with Gasteiger partial charge >= 0.3 is 0 Å². The lowest BCUT2D eigenvalue weighted by molar-refractivity contribution is 0.690. The molecule has 9 aromatic carbocycles. The van der Waals surface area contributed by atoms with Crippen molar-refractivity contribution in [1.82, 2.24) is 9.13 Å². The molecular formula is C53H32N2S. The average molecular weight is 729 g/mol. The van der Waals surface area contributed by atoms with Gasteiger partial charge in [0.2, 0.25) is 0 Å². The second-order valence-electron chi connectivity index (χ2n) is 15.2. The first-order valence-electron chi connectivity index (χ1n) is 19.4. The summed E-state index contributed by atoms with van der Waals surface area (Å²) < 4.78 is 5.01. The Morgan fingerprint density at radius 1 is 0.375 bits per heavy atom. The molecule has 0 saturated heterocycles. The Hall–Kier alpha value is -6.81. The smallest absolute Gasteiger partial charge is 0.0765 e. The normalized spacial score (nSPS) is 15.5. The molecule has 3 heteroatoms. The molecule has 260 valence electrons. The standard InChI is InChI=1S/C53H32N2S/c1-2-15-36-33(13-1)14-11-18-37(36)34-27-29-35(30-28-34)54-46-23-7-4-17-39(46)41-31-51-45(32-49(41)54)53(43-21-6-10-26-50(43)56-51)42-20-5-9-25-48(42)55-47-24-8-3-16-38(47)40-19-12-22-44(53)52(40)55/h1-32H. The maximum absolute atomic E-state index is 2.54.